The first kappa shape index (κ1) is 9.80. The molecule has 0 N–H and O–H groups in total. The van der Waals surface area contributed by atoms with E-state index in [0.29, 0.717) is 5.88 Å². The van der Waals surface area contributed by atoms with Crippen molar-refractivity contribution in [1.82, 2.24) is 0 Å². The molecule has 0 amide bonds. The molecule has 0 unspecified atom stereocenters. The van der Waals surface area contributed by atoms with Crippen LogP contribution in [0.2, 0.25) is 0 Å². The van der Waals surface area contributed by atoms with E-state index >= 15 is 0 Å². The summed E-state index contributed by atoms with van der Waals surface area (Å²) in [6, 6.07) is 0. The molecule has 0 saturated carbocycles. The van der Waals surface area contributed by atoms with Crippen LogP contribution < -0.4 is 0 Å². The first-order chi connectivity index (χ1) is 4.62. The summed E-state index contributed by atoms with van der Waals surface area (Å²) in [5, 5.41) is 0. The minimum absolute atomic E-state index is 0.0879. The van der Waals surface area contributed by atoms with Gasteiger partial charge in [-0.2, -0.15) is 0 Å². The van der Waals surface area contributed by atoms with Crippen molar-refractivity contribution in [3.05, 3.63) is 11.4 Å². The highest BCUT2D eigenvalue weighted by Gasteiger charge is 2.16. The molecule has 0 aliphatic heterocycles. The third-order valence-electron chi connectivity index (χ3n) is 1.16. The number of hydrogen-bond donors (Lipinski definition) is 0. The number of nitrogens with zero attached hydrogens (tertiary/aromatic N) is 1. The molecule has 0 rings (SSSR count). The van der Waals surface area contributed by atoms with Crippen molar-refractivity contribution in [2.24, 2.45) is 0 Å². The lowest BCUT2D eigenvalue weighted by molar-refractivity contribution is 0.0441. The van der Waals surface area contributed by atoms with Crippen LogP contribution in [-0.2, 0) is 4.74 Å². The van der Waals surface area contributed by atoms with Gasteiger partial charge in [-0.3, -0.25) is 0 Å². The van der Waals surface area contributed by atoms with Gasteiger partial charge in [-0.25, -0.2) is 6.57 Å². The van der Waals surface area contributed by atoms with E-state index in [1.165, 1.54) is 0 Å². The maximum atomic E-state index is 6.53. The van der Waals surface area contributed by atoms with Gasteiger partial charge in [0, 0.05) is 12.9 Å². The molecule has 0 aliphatic carbocycles. The Kier molecular flexibility index (Phi) is 4.50. The molecule has 0 heterocycles. The average Bonchev–Trinajstić information content (AvgIpc) is 1.89. The number of rotatable bonds is 4. The highest BCUT2D eigenvalue weighted by atomic mass is 32.2. The standard InChI is InChI=1S/C7H13NOS/c1-7(2,9-4)5-10-6-8-3/h5-6H2,1-2,4H3. The van der Waals surface area contributed by atoms with E-state index in [-0.39, 0.29) is 5.60 Å². The van der Waals surface area contributed by atoms with Crippen LogP contribution in [-0.4, -0.2) is 24.3 Å². The lowest BCUT2D eigenvalue weighted by Gasteiger charge is -2.20. The van der Waals surface area contributed by atoms with Crippen LogP contribution in [0.25, 0.3) is 4.85 Å². The quantitative estimate of drug-likeness (QED) is 0.460. The van der Waals surface area contributed by atoms with Crippen LogP contribution in [0.15, 0.2) is 0 Å². The van der Waals surface area contributed by atoms with E-state index in [0.717, 1.165) is 5.75 Å². The average molecular weight is 159 g/mol. The Hall–Kier alpha value is -0.200. The molecular formula is C7H13NOS. The van der Waals surface area contributed by atoms with Crippen molar-refractivity contribution in [2.45, 2.75) is 19.4 Å². The third-order valence-corrected chi connectivity index (χ3v) is 2.37. The summed E-state index contributed by atoms with van der Waals surface area (Å²) in [6.45, 7) is 10.6. The molecule has 0 aromatic heterocycles. The largest absolute Gasteiger partial charge is 0.378 e. The fourth-order valence-corrected chi connectivity index (χ4v) is 1.19. The molecule has 3 heteroatoms. The summed E-state index contributed by atoms with van der Waals surface area (Å²) in [5.74, 6) is 1.42. The Morgan fingerprint density at radius 1 is 1.60 bits per heavy atom. The van der Waals surface area contributed by atoms with Crippen LogP contribution in [0.3, 0.4) is 0 Å². The Morgan fingerprint density at radius 3 is 2.60 bits per heavy atom. The van der Waals surface area contributed by atoms with Gasteiger partial charge in [0.1, 0.15) is 0 Å². The fourth-order valence-electron chi connectivity index (χ4n) is 0.396. The van der Waals surface area contributed by atoms with Gasteiger partial charge < -0.3 is 9.58 Å². The van der Waals surface area contributed by atoms with E-state index in [1.54, 1.807) is 18.9 Å². The molecule has 10 heavy (non-hydrogen) atoms. The van der Waals surface area contributed by atoms with Gasteiger partial charge in [-0.05, 0) is 13.8 Å². The summed E-state index contributed by atoms with van der Waals surface area (Å²) in [7, 11) is 1.69. The van der Waals surface area contributed by atoms with E-state index in [1.807, 2.05) is 13.8 Å². The Morgan fingerprint density at radius 2 is 2.20 bits per heavy atom. The van der Waals surface area contributed by atoms with Crippen molar-refractivity contribution >= 4 is 11.8 Å². The summed E-state index contributed by atoms with van der Waals surface area (Å²) < 4.78 is 5.16. The van der Waals surface area contributed by atoms with Crippen molar-refractivity contribution in [3.8, 4) is 0 Å². The summed E-state index contributed by atoms with van der Waals surface area (Å²) in [5.41, 5.74) is -0.0879. The van der Waals surface area contributed by atoms with Gasteiger partial charge in [0.05, 0.1) is 5.60 Å². The normalized spacial score (nSPS) is 11.0. The Bertz CT molecular complexity index is 128. The molecule has 0 aromatic rings. The van der Waals surface area contributed by atoms with E-state index < -0.39 is 0 Å². The van der Waals surface area contributed by atoms with E-state index in [4.69, 9.17) is 11.3 Å². The van der Waals surface area contributed by atoms with Crippen LogP contribution in [0.1, 0.15) is 13.8 Å². The zero-order chi connectivity index (χ0) is 8.04. The second kappa shape index (κ2) is 4.59. The van der Waals surface area contributed by atoms with Gasteiger partial charge >= 0.3 is 0 Å². The minimum Gasteiger partial charge on any atom is -0.378 e. The number of hydrogen-bond acceptors (Lipinski definition) is 2. The highest BCUT2D eigenvalue weighted by Crippen LogP contribution is 2.15. The monoisotopic (exact) mass is 159 g/mol. The van der Waals surface area contributed by atoms with Gasteiger partial charge in [0.15, 0.2) is 0 Å². The zero-order valence-electron chi connectivity index (χ0n) is 6.68. The topological polar surface area (TPSA) is 13.6 Å². The van der Waals surface area contributed by atoms with Crippen molar-refractivity contribution < 1.29 is 4.74 Å². The summed E-state index contributed by atoms with van der Waals surface area (Å²) in [6.07, 6.45) is 0. The molecule has 0 aliphatic rings. The number of thioether (sulfide) groups is 1. The van der Waals surface area contributed by atoms with Crippen molar-refractivity contribution in [2.75, 3.05) is 18.7 Å². The summed E-state index contributed by atoms with van der Waals surface area (Å²) in [4.78, 5) is 3.23. The minimum atomic E-state index is -0.0879. The van der Waals surface area contributed by atoms with E-state index in [2.05, 4.69) is 4.85 Å². The maximum absolute atomic E-state index is 6.53. The van der Waals surface area contributed by atoms with Crippen LogP contribution in [0.5, 0.6) is 0 Å². The molecule has 0 radical (unpaired) electrons. The molecule has 0 spiro atoms. The molecule has 2 nitrogen and oxygen atoms in total. The predicted molar refractivity (Wildman–Crippen MR) is 45.0 cm³/mol. The van der Waals surface area contributed by atoms with E-state index in [9.17, 15) is 0 Å². The van der Waals surface area contributed by atoms with Crippen LogP contribution in [0, 0.1) is 6.57 Å². The number of ether oxygens (including phenoxy) is 1. The molecule has 0 saturated heterocycles. The zero-order valence-corrected chi connectivity index (χ0v) is 7.49. The van der Waals surface area contributed by atoms with Crippen LogP contribution in [0.4, 0.5) is 0 Å². The second-order valence-corrected chi connectivity index (χ2v) is 3.55. The molecular weight excluding hydrogens is 146 g/mol. The molecule has 0 aromatic carbocycles. The van der Waals surface area contributed by atoms with Gasteiger partial charge in [0.25, 0.3) is 5.88 Å². The summed E-state index contributed by atoms with van der Waals surface area (Å²) >= 11 is 1.61. The smallest absolute Gasteiger partial charge is 0.260 e. The van der Waals surface area contributed by atoms with Crippen molar-refractivity contribution in [3.63, 3.8) is 0 Å². The SMILES string of the molecule is [C-]#[N+]CSCC(C)(C)OC. The predicted octanol–water partition coefficient (Wildman–Crippen LogP) is 2.02. The Labute approximate surface area is 66.8 Å². The number of methoxy groups -OCH3 is 1. The highest BCUT2D eigenvalue weighted by molar-refractivity contribution is 7.99. The lowest BCUT2D eigenvalue weighted by atomic mass is 10.2. The fraction of sp³-hybridized carbons (Fsp3) is 0.857. The van der Waals surface area contributed by atoms with Gasteiger partial charge in [-0.1, -0.05) is 11.8 Å². The maximum Gasteiger partial charge on any atom is 0.260 e. The molecule has 58 valence electrons. The second-order valence-electron chi connectivity index (χ2n) is 2.60. The Balaban J connectivity index is 3.39. The third kappa shape index (κ3) is 4.66. The lowest BCUT2D eigenvalue weighted by Crippen LogP contribution is -2.25. The van der Waals surface area contributed by atoms with Crippen molar-refractivity contribution in [1.29, 1.82) is 0 Å². The molecule has 0 fully saturated rings. The van der Waals surface area contributed by atoms with Crippen LogP contribution >= 0.6 is 11.8 Å². The molecule has 0 bridgehead atoms. The van der Waals surface area contributed by atoms with Gasteiger partial charge in [-0.15, -0.1) is 0 Å². The van der Waals surface area contributed by atoms with Gasteiger partial charge in [0.2, 0.25) is 0 Å². The first-order valence-corrected chi connectivity index (χ1v) is 4.24. The first-order valence-electron chi connectivity index (χ1n) is 3.08. The molecule has 0 atom stereocenters.